The number of nitrogens with zero attached hydrogens (tertiary/aromatic N) is 1. The van der Waals surface area contributed by atoms with E-state index in [1.54, 1.807) is 13.2 Å². The summed E-state index contributed by atoms with van der Waals surface area (Å²) in [6, 6.07) is 3.82. The summed E-state index contributed by atoms with van der Waals surface area (Å²) < 4.78 is 5.19. The first-order chi connectivity index (χ1) is 10.6. The molecule has 0 amide bonds. The predicted octanol–water partition coefficient (Wildman–Crippen LogP) is 0.263. The predicted molar refractivity (Wildman–Crippen MR) is 84.3 cm³/mol. The summed E-state index contributed by atoms with van der Waals surface area (Å²) in [7, 11) is 1.54. The molecule has 0 aromatic heterocycles. The Morgan fingerprint density at radius 1 is 1.45 bits per heavy atom. The van der Waals surface area contributed by atoms with Gasteiger partial charge in [0, 0.05) is 32.2 Å². The van der Waals surface area contributed by atoms with Gasteiger partial charge in [-0.15, -0.1) is 0 Å². The summed E-state index contributed by atoms with van der Waals surface area (Å²) >= 11 is 0. The third kappa shape index (κ3) is 3.89. The molecule has 6 heteroatoms. The largest absolute Gasteiger partial charge is 0.504 e. The van der Waals surface area contributed by atoms with E-state index in [-0.39, 0.29) is 18.4 Å². The molecule has 6 nitrogen and oxygen atoms in total. The number of rotatable bonds is 7. The van der Waals surface area contributed by atoms with Gasteiger partial charge in [0.1, 0.15) is 0 Å². The lowest BCUT2D eigenvalue weighted by Crippen LogP contribution is -2.42. The van der Waals surface area contributed by atoms with Crippen molar-refractivity contribution in [1.82, 2.24) is 10.2 Å². The maximum atomic E-state index is 10.1. The van der Waals surface area contributed by atoms with Crippen LogP contribution < -0.4 is 10.1 Å². The van der Waals surface area contributed by atoms with Gasteiger partial charge in [-0.05, 0) is 36.6 Å². The van der Waals surface area contributed by atoms with Gasteiger partial charge >= 0.3 is 0 Å². The van der Waals surface area contributed by atoms with Crippen LogP contribution in [0.5, 0.6) is 11.5 Å². The molecule has 0 aliphatic carbocycles. The van der Waals surface area contributed by atoms with Crippen LogP contribution >= 0.6 is 0 Å². The summed E-state index contributed by atoms with van der Waals surface area (Å²) in [5, 5.41) is 31.7. The van der Waals surface area contributed by atoms with Crippen molar-refractivity contribution in [2.75, 3.05) is 39.9 Å². The number of β-amino-alcohol motifs (C(OH)–C–C–N with tert-alkyl or cyclic N) is 1. The fourth-order valence-electron chi connectivity index (χ4n) is 2.98. The number of aliphatic hydroxyl groups excluding tert-OH is 2. The fraction of sp³-hybridized carbons (Fsp3) is 0.625. The third-order valence-electron chi connectivity index (χ3n) is 4.22. The Morgan fingerprint density at radius 3 is 2.91 bits per heavy atom. The Balaban J connectivity index is 2.03. The number of aromatic hydroxyl groups is 1. The van der Waals surface area contributed by atoms with Crippen LogP contribution in [0, 0.1) is 0 Å². The van der Waals surface area contributed by atoms with Crippen LogP contribution in [-0.4, -0.2) is 66.2 Å². The number of phenolic OH excluding ortho intramolecular Hbond substituents is 1. The molecule has 0 bridgehead atoms. The third-order valence-corrected chi connectivity index (χ3v) is 4.22. The molecule has 1 heterocycles. The lowest BCUT2D eigenvalue weighted by molar-refractivity contribution is 0.0850. The minimum Gasteiger partial charge on any atom is -0.504 e. The highest BCUT2D eigenvalue weighted by atomic mass is 16.5. The zero-order valence-corrected chi connectivity index (χ0v) is 13.2. The Bertz CT molecular complexity index is 495. The van der Waals surface area contributed by atoms with Crippen molar-refractivity contribution in [2.24, 2.45) is 0 Å². The van der Waals surface area contributed by atoms with E-state index in [1.807, 2.05) is 6.07 Å². The molecule has 4 N–H and O–H groups in total. The molecule has 1 aromatic rings. The number of phenols is 1. The molecule has 2 rings (SSSR count). The van der Waals surface area contributed by atoms with Gasteiger partial charge in [0.25, 0.3) is 0 Å². The quantitative estimate of drug-likeness (QED) is 0.541. The lowest BCUT2D eigenvalue weighted by Gasteiger charge is -2.36. The van der Waals surface area contributed by atoms with Crippen LogP contribution in [0.25, 0.3) is 0 Å². The van der Waals surface area contributed by atoms with Gasteiger partial charge in [0.15, 0.2) is 11.5 Å². The molecule has 0 radical (unpaired) electrons. The van der Waals surface area contributed by atoms with E-state index in [2.05, 4.69) is 17.1 Å². The molecule has 22 heavy (non-hydrogen) atoms. The molecule has 1 aromatic carbocycles. The standard InChI is InChI=1S/C16H26N2O4/c1-11-14-8-16(22-2)15(21)7-12(14)3-5-18(11)10-13(20)9-17-4-6-19/h7-8,11,13,17,19-21H,3-6,9-10H2,1-2H3/t11-,13?/m1/s1. The van der Waals surface area contributed by atoms with Crippen molar-refractivity contribution in [3.8, 4) is 11.5 Å². The van der Waals surface area contributed by atoms with Crippen LogP contribution in [0.2, 0.25) is 0 Å². The van der Waals surface area contributed by atoms with E-state index >= 15 is 0 Å². The number of hydrogen-bond donors (Lipinski definition) is 4. The average Bonchev–Trinajstić information content (AvgIpc) is 2.50. The number of hydrogen-bond acceptors (Lipinski definition) is 6. The minimum atomic E-state index is -0.477. The van der Waals surface area contributed by atoms with E-state index in [1.165, 1.54) is 0 Å². The molecule has 0 spiro atoms. The molecule has 2 atom stereocenters. The molecule has 1 aliphatic heterocycles. The van der Waals surface area contributed by atoms with Crippen LogP contribution in [0.3, 0.4) is 0 Å². The van der Waals surface area contributed by atoms with Crippen molar-refractivity contribution in [2.45, 2.75) is 25.5 Å². The smallest absolute Gasteiger partial charge is 0.160 e. The minimum absolute atomic E-state index is 0.0729. The number of aliphatic hydroxyl groups is 2. The Hall–Kier alpha value is -1.34. The first-order valence-electron chi connectivity index (χ1n) is 7.70. The van der Waals surface area contributed by atoms with Crippen LogP contribution in [0.15, 0.2) is 12.1 Å². The summed E-state index contributed by atoms with van der Waals surface area (Å²) in [6.45, 7) is 4.55. The summed E-state index contributed by atoms with van der Waals surface area (Å²) in [5.74, 6) is 0.660. The summed E-state index contributed by atoms with van der Waals surface area (Å²) in [4.78, 5) is 2.23. The van der Waals surface area contributed by atoms with Gasteiger partial charge in [-0.1, -0.05) is 0 Å². The Kier molecular flexibility index (Phi) is 6.02. The van der Waals surface area contributed by atoms with Gasteiger partial charge in [0.05, 0.1) is 19.8 Å². The maximum Gasteiger partial charge on any atom is 0.160 e. The number of ether oxygens (including phenoxy) is 1. The van der Waals surface area contributed by atoms with Crippen molar-refractivity contribution in [3.05, 3.63) is 23.3 Å². The van der Waals surface area contributed by atoms with Crippen molar-refractivity contribution >= 4 is 0 Å². The van der Waals surface area contributed by atoms with Crippen molar-refractivity contribution < 1.29 is 20.1 Å². The topological polar surface area (TPSA) is 85.2 Å². The van der Waals surface area contributed by atoms with Gasteiger partial charge in [-0.3, -0.25) is 4.90 Å². The Morgan fingerprint density at radius 2 is 2.23 bits per heavy atom. The molecule has 0 saturated heterocycles. The molecule has 1 unspecified atom stereocenters. The first kappa shape index (κ1) is 17.0. The number of nitrogens with one attached hydrogen (secondary N) is 1. The van der Waals surface area contributed by atoms with E-state index in [4.69, 9.17) is 9.84 Å². The lowest BCUT2D eigenvalue weighted by atomic mass is 9.92. The first-order valence-corrected chi connectivity index (χ1v) is 7.70. The normalized spacial score (nSPS) is 19.7. The second kappa shape index (κ2) is 7.78. The van der Waals surface area contributed by atoms with Gasteiger partial charge < -0.3 is 25.4 Å². The zero-order chi connectivity index (χ0) is 16.1. The molecule has 0 fully saturated rings. The molecule has 1 aliphatic rings. The number of fused-ring (bicyclic) bond motifs is 1. The molecular weight excluding hydrogens is 284 g/mol. The van der Waals surface area contributed by atoms with Gasteiger partial charge in [0.2, 0.25) is 0 Å². The second-order valence-electron chi connectivity index (χ2n) is 5.73. The zero-order valence-electron chi connectivity index (χ0n) is 13.2. The monoisotopic (exact) mass is 310 g/mol. The van der Waals surface area contributed by atoms with Gasteiger partial charge in [-0.2, -0.15) is 0 Å². The van der Waals surface area contributed by atoms with Crippen molar-refractivity contribution in [1.29, 1.82) is 0 Å². The van der Waals surface area contributed by atoms with Crippen molar-refractivity contribution in [3.63, 3.8) is 0 Å². The second-order valence-corrected chi connectivity index (χ2v) is 5.73. The maximum absolute atomic E-state index is 10.1. The van der Waals surface area contributed by atoms with E-state index < -0.39 is 6.10 Å². The fourth-order valence-corrected chi connectivity index (χ4v) is 2.98. The van der Waals surface area contributed by atoms with Crippen LogP contribution in [-0.2, 0) is 6.42 Å². The highest BCUT2D eigenvalue weighted by Crippen LogP contribution is 2.37. The molecule has 0 saturated carbocycles. The highest BCUT2D eigenvalue weighted by Gasteiger charge is 2.26. The SMILES string of the molecule is COc1cc2c(cc1O)CCN(CC(O)CNCCO)[C@@H]2C. The molecule has 124 valence electrons. The Labute approximate surface area is 131 Å². The van der Waals surface area contributed by atoms with E-state index in [9.17, 15) is 10.2 Å². The highest BCUT2D eigenvalue weighted by molar-refractivity contribution is 5.48. The van der Waals surface area contributed by atoms with Crippen LogP contribution in [0.1, 0.15) is 24.1 Å². The average molecular weight is 310 g/mol. The van der Waals surface area contributed by atoms with Gasteiger partial charge in [-0.25, -0.2) is 0 Å². The summed E-state index contributed by atoms with van der Waals surface area (Å²) in [5.41, 5.74) is 2.27. The number of methoxy groups -OCH3 is 1. The van der Waals surface area contributed by atoms with Crippen LogP contribution in [0.4, 0.5) is 0 Å². The molecular formula is C16H26N2O4. The summed E-state index contributed by atoms with van der Waals surface area (Å²) in [6.07, 6.45) is 0.364. The number of benzene rings is 1. The van der Waals surface area contributed by atoms with E-state index in [0.717, 1.165) is 24.1 Å². The van der Waals surface area contributed by atoms with E-state index in [0.29, 0.717) is 25.4 Å².